The Morgan fingerprint density at radius 2 is 1.72 bits per heavy atom. The van der Waals surface area contributed by atoms with E-state index in [2.05, 4.69) is 36.7 Å². The second-order valence-electron chi connectivity index (χ2n) is 12.0. The molecule has 0 spiro atoms. The summed E-state index contributed by atoms with van der Waals surface area (Å²) in [5.41, 5.74) is 0.614. The first-order valence-electron chi connectivity index (χ1n) is 13.0. The van der Waals surface area contributed by atoms with Gasteiger partial charge in [-0.1, -0.05) is 49.5 Å². The second kappa shape index (κ2) is 9.23. The summed E-state index contributed by atoms with van der Waals surface area (Å²) in [6.45, 7) is 8.99. The van der Waals surface area contributed by atoms with Gasteiger partial charge in [-0.15, -0.1) is 0 Å². The molecule has 4 fully saturated rings. The maximum absolute atomic E-state index is 12.2. The molecule has 0 N–H and O–H groups in total. The lowest BCUT2D eigenvalue weighted by molar-refractivity contribution is -0.185. The third-order valence-electron chi connectivity index (χ3n) is 10.7. The van der Waals surface area contributed by atoms with Crippen molar-refractivity contribution in [1.29, 1.82) is 0 Å². The van der Waals surface area contributed by atoms with Crippen molar-refractivity contribution < 1.29 is 19.1 Å². The first-order chi connectivity index (χ1) is 15.1. The summed E-state index contributed by atoms with van der Waals surface area (Å²) >= 11 is 4.10. The maximum atomic E-state index is 12.2. The van der Waals surface area contributed by atoms with Gasteiger partial charge in [-0.05, 0) is 85.4 Å². The highest BCUT2D eigenvalue weighted by atomic mass is 79.9. The zero-order chi connectivity index (χ0) is 23.3. The van der Waals surface area contributed by atoms with Crippen LogP contribution in [-0.4, -0.2) is 30.0 Å². The van der Waals surface area contributed by atoms with Crippen LogP contribution in [0.25, 0.3) is 0 Å². The number of halogens is 1. The summed E-state index contributed by atoms with van der Waals surface area (Å²) in [5, 5.41) is 0. The molecule has 4 saturated carbocycles. The van der Waals surface area contributed by atoms with Crippen LogP contribution in [0.2, 0.25) is 0 Å². The van der Waals surface area contributed by atoms with Gasteiger partial charge in [0.25, 0.3) is 0 Å². The average molecular weight is 512 g/mol. The Labute approximate surface area is 203 Å². The number of hydrogen-bond donors (Lipinski definition) is 0. The van der Waals surface area contributed by atoms with Crippen molar-refractivity contribution in [2.45, 2.75) is 103 Å². The highest BCUT2D eigenvalue weighted by Gasteiger charge is 2.65. The van der Waals surface area contributed by atoms with Crippen LogP contribution in [0.3, 0.4) is 0 Å². The number of carbonyl (C=O) groups is 2. The highest BCUT2D eigenvalue weighted by molar-refractivity contribution is 9.09. The lowest BCUT2D eigenvalue weighted by Crippen LogP contribution is -2.62. The van der Waals surface area contributed by atoms with E-state index < -0.39 is 0 Å². The predicted molar refractivity (Wildman–Crippen MR) is 129 cm³/mol. The van der Waals surface area contributed by atoms with Crippen molar-refractivity contribution in [3.05, 3.63) is 0 Å². The van der Waals surface area contributed by atoms with Crippen molar-refractivity contribution in [3.63, 3.8) is 0 Å². The van der Waals surface area contributed by atoms with E-state index in [0.29, 0.717) is 47.3 Å². The lowest BCUT2D eigenvalue weighted by Gasteiger charge is -2.63. The summed E-state index contributed by atoms with van der Waals surface area (Å²) < 4.78 is 11.1. The number of alkyl halides is 1. The van der Waals surface area contributed by atoms with Crippen molar-refractivity contribution in [3.8, 4) is 0 Å². The molecule has 0 heterocycles. The zero-order valence-electron chi connectivity index (χ0n) is 20.7. The molecule has 5 heteroatoms. The van der Waals surface area contributed by atoms with Crippen LogP contribution >= 0.6 is 15.9 Å². The second-order valence-corrected chi connectivity index (χ2v) is 13.0. The van der Waals surface area contributed by atoms with Crippen molar-refractivity contribution in [1.82, 2.24) is 0 Å². The van der Waals surface area contributed by atoms with Crippen molar-refractivity contribution >= 4 is 27.9 Å². The average Bonchev–Trinajstić information content (AvgIpc) is 3.11. The Kier molecular flexibility index (Phi) is 7.08. The quantitative estimate of drug-likeness (QED) is 0.311. The largest absolute Gasteiger partial charge is 0.469 e. The molecule has 10 atom stereocenters. The van der Waals surface area contributed by atoms with Gasteiger partial charge in [-0.3, -0.25) is 9.59 Å². The van der Waals surface area contributed by atoms with Gasteiger partial charge in [0, 0.05) is 19.3 Å². The fourth-order valence-electron chi connectivity index (χ4n) is 9.19. The molecule has 10 unspecified atom stereocenters. The van der Waals surface area contributed by atoms with E-state index in [4.69, 9.17) is 9.47 Å². The number of esters is 2. The first kappa shape index (κ1) is 24.5. The van der Waals surface area contributed by atoms with Crippen molar-refractivity contribution in [2.75, 3.05) is 7.11 Å². The zero-order valence-corrected chi connectivity index (χ0v) is 22.3. The van der Waals surface area contributed by atoms with Crippen LogP contribution in [0.5, 0.6) is 0 Å². The molecule has 0 bridgehead atoms. The first-order valence-corrected chi connectivity index (χ1v) is 13.9. The van der Waals surface area contributed by atoms with Crippen LogP contribution in [0, 0.1) is 46.3 Å². The van der Waals surface area contributed by atoms with E-state index in [1.54, 1.807) is 6.92 Å². The summed E-state index contributed by atoms with van der Waals surface area (Å²) in [6, 6.07) is 0. The summed E-state index contributed by atoms with van der Waals surface area (Å²) in [7, 11) is 1.48. The molecule has 0 aromatic carbocycles. The number of rotatable bonds is 5. The van der Waals surface area contributed by atoms with Crippen LogP contribution < -0.4 is 0 Å². The monoisotopic (exact) mass is 510 g/mol. The molecule has 0 aromatic rings. The molecule has 4 aliphatic carbocycles. The summed E-state index contributed by atoms with van der Waals surface area (Å²) in [4.78, 5) is 24.2. The van der Waals surface area contributed by atoms with E-state index in [9.17, 15) is 9.59 Å². The van der Waals surface area contributed by atoms with E-state index in [1.807, 2.05) is 0 Å². The van der Waals surface area contributed by atoms with E-state index in [0.717, 1.165) is 6.42 Å². The third kappa shape index (κ3) is 3.96. The number of fused-ring (bicyclic) bond motifs is 5. The molecule has 4 rings (SSSR count). The van der Waals surface area contributed by atoms with Gasteiger partial charge >= 0.3 is 11.9 Å². The molecule has 4 aliphatic rings. The molecular formula is C27H43BrO4. The Hall–Kier alpha value is -0.580. The Bertz CT molecular complexity index is 724. The maximum Gasteiger partial charge on any atom is 0.305 e. The minimum atomic E-state index is -0.133. The molecular weight excluding hydrogens is 468 g/mol. The molecule has 0 aromatic heterocycles. The molecule has 0 saturated heterocycles. The number of hydrogen-bond acceptors (Lipinski definition) is 4. The van der Waals surface area contributed by atoms with Crippen LogP contribution in [0.1, 0.15) is 91.9 Å². The predicted octanol–water partition coefficient (Wildman–Crippen LogP) is 6.54. The van der Waals surface area contributed by atoms with E-state index in [-0.39, 0.29) is 28.3 Å². The molecule has 0 radical (unpaired) electrons. The number of carbonyl (C=O) groups excluding carboxylic acids is 2. The molecule has 32 heavy (non-hydrogen) atoms. The normalized spacial score (nSPS) is 46.4. The van der Waals surface area contributed by atoms with Gasteiger partial charge in [-0.25, -0.2) is 0 Å². The number of methoxy groups -OCH3 is 1. The van der Waals surface area contributed by atoms with Crippen LogP contribution in [0.15, 0.2) is 0 Å². The Morgan fingerprint density at radius 3 is 2.41 bits per heavy atom. The molecule has 4 nitrogen and oxygen atoms in total. The fraction of sp³-hybridized carbons (Fsp3) is 0.926. The molecule has 182 valence electrons. The third-order valence-corrected chi connectivity index (χ3v) is 11.8. The van der Waals surface area contributed by atoms with Crippen molar-refractivity contribution in [2.24, 2.45) is 46.3 Å². The van der Waals surface area contributed by atoms with Gasteiger partial charge in [-0.2, -0.15) is 0 Å². The van der Waals surface area contributed by atoms with Gasteiger partial charge in [0.1, 0.15) is 6.10 Å². The van der Waals surface area contributed by atoms with Gasteiger partial charge in [0.15, 0.2) is 0 Å². The van der Waals surface area contributed by atoms with Gasteiger partial charge in [0.05, 0.1) is 11.9 Å². The topological polar surface area (TPSA) is 52.6 Å². The summed E-state index contributed by atoms with van der Waals surface area (Å²) in [6.07, 6.45) is 11.6. The fourth-order valence-corrected chi connectivity index (χ4v) is 10.5. The van der Waals surface area contributed by atoms with Crippen LogP contribution in [0.4, 0.5) is 0 Å². The number of ether oxygens (including phenoxy) is 2. The Morgan fingerprint density at radius 1 is 1.00 bits per heavy atom. The smallest absolute Gasteiger partial charge is 0.305 e. The Balaban J connectivity index is 1.63. The minimum absolute atomic E-state index is 0.0116. The van der Waals surface area contributed by atoms with E-state index >= 15 is 0 Å². The van der Waals surface area contributed by atoms with Gasteiger partial charge < -0.3 is 9.47 Å². The minimum Gasteiger partial charge on any atom is -0.469 e. The highest BCUT2D eigenvalue weighted by Crippen LogP contribution is 2.69. The lowest BCUT2D eigenvalue weighted by atomic mass is 9.43. The van der Waals surface area contributed by atoms with Gasteiger partial charge in [0.2, 0.25) is 0 Å². The van der Waals surface area contributed by atoms with E-state index in [1.165, 1.54) is 58.5 Å². The molecule has 0 aliphatic heterocycles. The van der Waals surface area contributed by atoms with Crippen LogP contribution in [-0.2, 0) is 19.1 Å². The molecule has 0 amide bonds. The standard InChI is InChI=1S/C27H43BrO4/c1-16(9-12-22(30)31-5)18-10-11-19-23-20(13-15-27(18,19)4)26(3)14-7-6-8-21(26)24(28)25(23)32-17(2)29/h16,18-21,23-25H,6-15H2,1-5H3. The summed E-state index contributed by atoms with van der Waals surface area (Å²) in [5.74, 6) is 3.19. The SMILES string of the molecule is COC(=O)CCC(C)C1CCC2C3C(OC(C)=O)C(Br)C4CCCCC4(C)C3CCC12C.